The number of methoxy groups -OCH3 is 1. The van der Waals surface area contributed by atoms with Crippen molar-refractivity contribution in [2.24, 2.45) is 4.99 Å². The summed E-state index contributed by atoms with van der Waals surface area (Å²) in [5.74, 6) is 0.368. The molecule has 3 aromatic carbocycles. The number of nitro benzene ring substituents is 1. The summed E-state index contributed by atoms with van der Waals surface area (Å²) in [5, 5.41) is 13.4. The topological polar surface area (TPSA) is 128 Å². The van der Waals surface area contributed by atoms with Gasteiger partial charge in [-0.2, -0.15) is 0 Å². The van der Waals surface area contributed by atoms with Gasteiger partial charge in [-0.15, -0.1) is 0 Å². The van der Waals surface area contributed by atoms with Crippen LogP contribution in [0.4, 0.5) is 11.4 Å². The summed E-state index contributed by atoms with van der Waals surface area (Å²) >= 11 is -4.72. The summed E-state index contributed by atoms with van der Waals surface area (Å²) in [5.41, 5.74) is 1.06. The van der Waals surface area contributed by atoms with Crippen LogP contribution in [0.25, 0.3) is 0 Å². The van der Waals surface area contributed by atoms with Crippen LogP contribution >= 0.6 is 0 Å². The van der Waals surface area contributed by atoms with Crippen LogP contribution < -0.4 is 19.0 Å². The van der Waals surface area contributed by atoms with Crippen LogP contribution in [0, 0.1) is 10.1 Å². The van der Waals surface area contributed by atoms with E-state index in [1.165, 1.54) is 36.4 Å². The van der Waals surface area contributed by atoms with Crippen LogP contribution in [0.2, 0.25) is 0 Å². The summed E-state index contributed by atoms with van der Waals surface area (Å²) in [6, 6.07) is 17.7. The Labute approximate surface area is 185 Å². The molecule has 32 heavy (non-hydrogen) atoms. The van der Waals surface area contributed by atoms with Gasteiger partial charge in [-0.1, -0.05) is 0 Å². The van der Waals surface area contributed by atoms with Crippen molar-refractivity contribution in [3.63, 3.8) is 0 Å². The number of nitro groups is 1. The van der Waals surface area contributed by atoms with Crippen LogP contribution in [0.1, 0.15) is 5.56 Å². The Morgan fingerprint density at radius 2 is 1.56 bits per heavy atom. The fourth-order valence-electron chi connectivity index (χ4n) is 2.72. The number of carbonyl (C=O) groups is 1. The van der Waals surface area contributed by atoms with Crippen LogP contribution in [0.3, 0.4) is 0 Å². The molecule has 0 radical (unpaired) electrons. The average Bonchev–Trinajstić information content (AvgIpc) is 2.80. The Kier molecular flexibility index (Phi) is 7.09. The maximum absolute atomic E-state index is 12.8. The monoisotopic (exact) mass is 501 g/mol. The number of carbonyl (C=O) groups excluding carboxylic acids is 1. The molecule has 0 atom stereocenters. The molecule has 0 bridgehead atoms. The molecule has 1 amide bonds. The average molecular weight is 500 g/mol. The number of amides is 1. The second-order valence-electron chi connectivity index (χ2n) is 6.57. The minimum absolute atomic E-state index is 0.0107. The number of rotatable bonds is 8. The van der Waals surface area contributed by atoms with Gasteiger partial charge in [0.15, 0.2) is 0 Å². The van der Waals surface area contributed by atoms with Gasteiger partial charge < -0.3 is 4.74 Å². The summed E-state index contributed by atoms with van der Waals surface area (Å²) in [7, 11) is 1.58. The van der Waals surface area contributed by atoms with Gasteiger partial charge in [0.2, 0.25) is 0 Å². The molecule has 0 heterocycles. The first kappa shape index (κ1) is 22.8. The molecule has 3 rings (SSSR count). The number of non-ortho nitro benzene ring substituents is 1. The molecule has 0 saturated carbocycles. The van der Waals surface area contributed by atoms with Crippen LogP contribution in [0.15, 0.2) is 77.8 Å². The van der Waals surface area contributed by atoms with Gasteiger partial charge in [-0.25, -0.2) is 0 Å². The zero-order valence-electron chi connectivity index (χ0n) is 17.0. The van der Waals surface area contributed by atoms with Crippen LogP contribution in [0.5, 0.6) is 5.75 Å². The molecule has 164 valence electrons. The van der Waals surface area contributed by atoms with Gasteiger partial charge in [0.1, 0.15) is 5.75 Å². The zero-order valence-corrected chi connectivity index (χ0v) is 18.7. The molecule has 0 saturated heterocycles. The van der Waals surface area contributed by atoms with E-state index in [0.29, 0.717) is 5.69 Å². The Balaban J connectivity index is 1.61. The molecule has 0 aromatic heterocycles. The molecule has 3 aromatic rings. The Morgan fingerprint density at radius 3 is 2.09 bits per heavy atom. The molecule has 0 fully saturated rings. The predicted octanol–water partition coefficient (Wildman–Crippen LogP) is 2.08. The SMILES string of the molecule is COc1ccc(C=NCC(=O)Nc2ccc([Se](=O)(=O)c3ccc([N+](=O)[O-])cc3)cc2)cc1. The molecule has 0 spiro atoms. The van der Waals surface area contributed by atoms with E-state index in [1.807, 2.05) is 12.1 Å². The van der Waals surface area contributed by atoms with Gasteiger partial charge in [0, 0.05) is 0 Å². The van der Waals surface area contributed by atoms with Crippen molar-refractivity contribution in [1.82, 2.24) is 0 Å². The summed E-state index contributed by atoms with van der Waals surface area (Å²) < 4.78 is 30.7. The van der Waals surface area contributed by atoms with Gasteiger partial charge in [-0.05, 0) is 0 Å². The fraction of sp³-hybridized carbons (Fsp3) is 0.0909. The summed E-state index contributed by atoms with van der Waals surface area (Å²) in [6.45, 7) is -0.0978. The van der Waals surface area contributed by atoms with Gasteiger partial charge >= 0.3 is 168 Å². The number of hydrogen-bond acceptors (Lipinski definition) is 7. The second kappa shape index (κ2) is 9.95. The molecule has 9 nitrogen and oxygen atoms in total. The molecule has 0 unspecified atom stereocenters. The standard InChI is InChI=1S/C22H19N3O6Se/c1-31-19-8-2-16(3-9-19)14-23-15-22(26)24-17-4-10-20(11-5-17)32(29,30)21-12-6-18(7-13-21)25(27)28/h2-14H,15H2,1H3,(H,24,26). The summed E-state index contributed by atoms with van der Waals surface area (Å²) in [4.78, 5) is 26.3. The number of benzene rings is 3. The first-order valence-corrected chi connectivity index (χ1v) is 12.4. The Hall–Kier alpha value is -3.88. The third kappa shape index (κ3) is 5.63. The van der Waals surface area contributed by atoms with E-state index in [0.717, 1.165) is 23.4 Å². The van der Waals surface area contributed by atoms with Crippen molar-refractivity contribution < 1.29 is 22.1 Å². The van der Waals surface area contributed by atoms with E-state index in [4.69, 9.17) is 4.74 Å². The second-order valence-corrected chi connectivity index (χ2v) is 10.7. The van der Waals surface area contributed by atoms with Crippen molar-refractivity contribution >= 4 is 45.1 Å². The first-order valence-electron chi connectivity index (χ1n) is 9.33. The van der Waals surface area contributed by atoms with E-state index in [1.54, 1.807) is 25.5 Å². The third-order valence-electron chi connectivity index (χ3n) is 4.40. The van der Waals surface area contributed by atoms with Crippen molar-refractivity contribution in [2.45, 2.75) is 0 Å². The fourth-order valence-corrected chi connectivity index (χ4v) is 5.37. The Morgan fingerprint density at radius 1 is 1.00 bits per heavy atom. The van der Waals surface area contributed by atoms with E-state index in [2.05, 4.69) is 10.3 Å². The molecule has 0 aliphatic carbocycles. The van der Waals surface area contributed by atoms with E-state index in [-0.39, 0.29) is 27.1 Å². The predicted molar refractivity (Wildman–Crippen MR) is 120 cm³/mol. The maximum atomic E-state index is 12.8. The number of ether oxygens (including phenoxy) is 1. The van der Waals surface area contributed by atoms with E-state index >= 15 is 0 Å². The number of anilines is 1. The van der Waals surface area contributed by atoms with Crippen molar-refractivity contribution in [1.29, 1.82) is 0 Å². The van der Waals surface area contributed by atoms with Gasteiger partial charge in [-0.3, -0.25) is 0 Å². The van der Waals surface area contributed by atoms with Crippen molar-refractivity contribution in [3.05, 3.63) is 88.5 Å². The normalized spacial score (nSPS) is 11.3. The Bertz CT molecular complexity index is 1240. The molecule has 10 heteroatoms. The van der Waals surface area contributed by atoms with Crippen molar-refractivity contribution in [3.8, 4) is 5.75 Å². The molecule has 0 aliphatic heterocycles. The van der Waals surface area contributed by atoms with E-state index in [9.17, 15) is 22.6 Å². The van der Waals surface area contributed by atoms with Gasteiger partial charge in [0.05, 0.1) is 7.11 Å². The van der Waals surface area contributed by atoms with Crippen molar-refractivity contribution in [2.75, 3.05) is 19.0 Å². The van der Waals surface area contributed by atoms with Crippen LogP contribution in [-0.4, -0.2) is 43.4 Å². The molecule has 0 aliphatic rings. The quantitative estimate of drug-likeness (QED) is 0.218. The third-order valence-corrected chi connectivity index (χ3v) is 8.14. The number of nitrogens with zero attached hydrogens (tertiary/aromatic N) is 2. The first-order chi connectivity index (χ1) is 15.3. The number of hydrogen-bond donors (Lipinski definition) is 1. The number of nitrogens with one attached hydrogen (secondary N) is 1. The summed E-state index contributed by atoms with van der Waals surface area (Å²) in [6.07, 6.45) is 1.57. The molecular formula is C22H19N3O6Se. The minimum atomic E-state index is -4.72. The van der Waals surface area contributed by atoms with Crippen LogP contribution in [-0.2, 0) is 12.5 Å². The van der Waals surface area contributed by atoms with E-state index < -0.39 is 17.6 Å². The number of aliphatic imine (C=N–C) groups is 1. The molecule has 1 N–H and O–H groups in total. The van der Waals surface area contributed by atoms with Gasteiger partial charge in [0.25, 0.3) is 0 Å². The zero-order chi connectivity index (χ0) is 23.1. The molecular weight excluding hydrogens is 481 g/mol.